The van der Waals surface area contributed by atoms with E-state index in [1.54, 1.807) is 19.1 Å². The van der Waals surface area contributed by atoms with Gasteiger partial charge < -0.3 is 4.90 Å². The monoisotopic (exact) mass is 411 g/mol. The molecule has 1 aromatic heterocycles. The fourth-order valence-electron chi connectivity index (χ4n) is 3.08. The van der Waals surface area contributed by atoms with Gasteiger partial charge in [0.2, 0.25) is 10.0 Å². The molecule has 0 radical (unpaired) electrons. The second-order valence-corrected chi connectivity index (χ2v) is 8.72. The highest BCUT2D eigenvalue weighted by Gasteiger charge is 2.32. The summed E-state index contributed by atoms with van der Waals surface area (Å²) in [4.78, 5) is 17.9. The number of aryl methyl sites for hydroxylation is 2. The first-order valence-electron chi connectivity index (χ1n) is 8.39. The van der Waals surface area contributed by atoms with Crippen molar-refractivity contribution in [3.63, 3.8) is 0 Å². The van der Waals surface area contributed by atoms with Crippen molar-refractivity contribution in [2.75, 3.05) is 26.2 Å². The molecule has 0 saturated carbocycles. The van der Waals surface area contributed by atoms with Gasteiger partial charge in [0.25, 0.3) is 5.91 Å². The molecule has 1 aliphatic heterocycles. The van der Waals surface area contributed by atoms with E-state index in [1.165, 1.54) is 15.3 Å². The molecule has 6 nitrogen and oxygen atoms in total. The molecule has 1 aliphatic rings. The van der Waals surface area contributed by atoms with E-state index in [-0.39, 0.29) is 41.9 Å². The molecule has 0 spiro atoms. The zero-order valence-electron chi connectivity index (χ0n) is 14.9. The van der Waals surface area contributed by atoms with Crippen molar-refractivity contribution in [1.29, 1.82) is 0 Å². The van der Waals surface area contributed by atoms with Gasteiger partial charge in [0.1, 0.15) is 5.15 Å². The Balaban J connectivity index is 1.75. The van der Waals surface area contributed by atoms with Crippen LogP contribution in [0, 0.1) is 19.7 Å². The highest BCUT2D eigenvalue weighted by atomic mass is 35.5. The minimum absolute atomic E-state index is 0.0239. The summed E-state index contributed by atoms with van der Waals surface area (Å²) >= 11 is 5.74. The Morgan fingerprint density at radius 1 is 1.11 bits per heavy atom. The molecule has 1 fully saturated rings. The second kappa shape index (κ2) is 7.53. The molecule has 9 heteroatoms. The van der Waals surface area contributed by atoms with Gasteiger partial charge in [0.05, 0.1) is 4.90 Å². The van der Waals surface area contributed by atoms with Gasteiger partial charge >= 0.3 is 0 Å². The van der Waals surface area contributed by atoms with E-state index < -0.39 is 21.7 Å². The predicted octanol–water partition coefficient (Wildman–Crippen LogP) is 2.64. The molecular weight excluding hydrogens is 393 g/mol. The molecule has 1 saturated heterocycles. The summed E-state index contributed by atoms with van der Waals surface area (Å²) in [6, 6.07) is 7.53. The van der Waals surface area contributed by atoms with E-state index in [2.05, 4.69) is 4.98 Å². The van der Waals surface area contributed by atoms with Crippen LogP contribution in [0.25, 0.3) is 0 Å². The Labute approximate surface area is 162 Å². The van der Waals surface area contributed by atoms with Crippen LogP contribution in [0.5, 0.6) is 0 Å². The number of nitrogens with zero attached hydrogens (tertiary/aromatic N) is 3. The number of carbonyl (C=O) groups excluding carboxylic acids is 1. The van der Waals surface area contributed by atoms with Gasteiger partial charge in [-0.05, 0) is 37.6 Å². The Hall–Kier alpha value is -2.03. The number of hydrogen-bond donors (Lipinski definition) is 0. The Morgan fingerprint density at radius 3 is 2.41 bits per heavy atom. The van der Waals surface area contributed by atoms with Crippen molar-refractivity contribution in [3.05, 3.63) is 58.1 Å². The third kappa shape index (κ3) is 3.97. The van der Waals surface area contributed by atoms with Crippen LogP contribution in [-0.4, -0.2) is 54.7 Å². The van der Waals surface area contributed by atoms with Gasteiger partial charge in [-0.1, -0.05) is 29.3 Å². The Bertz CT molecular complexity index is 989. The first-order valence-corrected chi connectivity index (χ1v) is 10.2. The number of pyridine rings is 1. The van der Waals surface area contributed by atoms with Crippen LogP contribution >= 0.6 is 11.6 Å². The molecule has 0 unspecified atom stereocenters. The lowest BCUT2D eigenvalue weighted by Crippen LogP contribution is -2.50. The molecule has 27 heavy (non-hydrogen) atoms. The molecule has 0 bridgehead atoms. The summed E-state index contributed by atoms with van der Waals surface area (Å²) in [5.41, 5.74) is 1.31. The summed E-state index contributed by atoms with van der Waals surface area (Å²) in [5.74, 6) is -1.35. The number of rotatable bonds is 3. The van der Waals surface area contributed by atoms with Crippen molar-refractivity contribution in [1.82, 2.24) is 14.2 Å². The smallest absolute Gasteiger partial charge is 0.275 e. The van der Waals surface area contributed by atoms with E-state index >= 15 is 0 Å². The molecule has 3 rings (SSSR count). The van der Waals surface area contributed by atoms with Crippen LogP contribution in [0.15, 0.2) is 35.2 Å². The number of piperazine rings is 1. The number of benzene rings is 1. The van der Waals surface area contributed by atoms with Crippen LogP contribution < -0.4 is 0 Å². The summed E-state index contributed by atoms with van der Waals surface area (Å²) < 4.78 is 41.0. The standard InChI is InChI=1S/C18H19ClFN3O3S/c1-12-3-5-15(13(2)11-12)27(25,26)23-9-7-22(8-10-23)18(24)17-14(20)4-6-16(19)21-17/h3-6,11H,7-10H2,1-2H3. The first-order chi connectivity index (χ1) is 12.7. The minimum atomic E-state index is -3.65. The van der Waals surface area contributed by atoms with Crippen LogP contribution in [0.2, 0.25) is 5.15 Å². The summed E-state index contributed by atoms with van der Waals surface area (Å²) in [6.07, 6.45) is 0. The van der Waals surface area contributed by atoms with Gasteiger partial charge in [-0.15, -0.1) is 0 Å². The molecule has 0 atom stereocenters. The van der Waals surface area contributed by atoms with E-state index in [9.17, 15) is 17.6 Å². The maximum Gasteiger partial charge on any atom is 0.275 e. The molecule has 1 aromatic carbocycles. The first kappa shape index (κ1) is 19.7. The fourth-order valence-corrected chi connectivity index (χ4v) is 4.85. The van der Waals surface area contributed by atoms with Crippen LogP contribution in [-0.2, 0) is 10.0 Å². The van der Waals surface area contributed by atoms with Crippen LogP contribution in [0.3, 0.4) is 0 Å². The molecular formula is C18H19ClFN3O3S. The SMILES string of the molecule is Cc1ccc(S(=O)(=O)N2CCN(C(=O)c3nc(Cl)ccc3F)CC2)c(C)c1. The maximum atomic E-state index is 13.9. The van der Waals surface area contributed by atoms with Crippen molar-refractivity contribution < 1.29 is 17.6 Å². The molecule has 0 N–H and O–H groups in total. The van der Waals surface area contributed by atoms with Gasteiger partial charge in [-0.25, -0.2) is 17.8 Å². The second-order valence-electron chi connectivity index (χ2n) is 6.43. The lowest BCUT2D eigenvalue weighted by Gasteiger charge is -2.34. The zero-order valence-corrected chi connectivity index (χ0v) is 16.5. The lowest BCUT2D eigenvalue weighted by atomic mass is 10.2. The molecule has 1 amide bonds. The van der Waals surface area contributed by atoms with Gasteiger partial charge in [-0.3, -0.25) is 4.79 Å². The zero-order chi connectivity index (χ0) is 19.8. The highest BCUT2D eigenvalue weighted by molar-refractivity contribution is 7.89. The number of carbonyl (C=O) groups is 1. The van der Waals surface area contributed by atoms with Crippen LogP contribution in [0.4, 0.5) is 4.39 Å². The Kier molecular flexibility index (Phi) is 5.50. The van der Waals surface area contributed by atoms with E-state index in [4.69, 9.17) is 11.6 Å². The van der Waals surface area contributed by atoms with E-state index in [0.29, 0.717) is 5.56 Å². The summed E-state index contributed by atoms with van der Waals surface area (Å²) in [5, 5.41) is 0.0239. The fraction of sp³-hybridized carbons (Fsp3) is 0.333. The van der Waals surface area contributed by atoms with Gasteiger partial charge in [0, 0.05) is 26.2 Å². The number of hydrogen-bond acceptors (Lipinski definition) is 4. The number of sulfonamides is 1. The van der Waals surface area contributed by atoms with Crippen LogP contribution in [0.1, 0.15) is 21.6 Å². The average molecular weight is 412 g/mol. The van der Waals surface area contributed by atoms with Gasteiger partial charge in [-0.2, -0.15) is 4.31 Å². The predicted molar refractivity (Wildman–Crippen MR) is 99.8 cm³/mol. The third-order valence-electron chi connectivity index (χ3n) is 4.49. The number of aromatic nitrogens is 1. The third-order valence-corrected chi connectivity index (χ3v) is 6.76. The number of amides is 1. The molecule has 144 valence electrons. The van der Waals surface area contributed by atoms with E-state index in [0.717, 1.165) is 11.6 Å². The van der Waals surface area contributed by atoms with Crippen molar-refractivity contribution in [2.45, 2.75) is 18.7 Å². The highest BCUT2D eigenvalue weighted by Crippen LogP contribution is 2.23. The number of halogens is 2. The van der Waals surface area contributed by atoms with Crippen molar-refractivity contribution in [2.24, 2.45) is 0 Å². The topological polar surface area (TPSA) is 70.6 Å². The lowest BCUT2D eigenvalue weighted by molar-refractivity contribution is 0.0686. The molecule has 2 heterocycles. The van der Waals surface area contributed by atoms with Gasteiger partial charge in [0.15, 0.2) is 11.5 Å². The maximum absolute atomic E-state index is 13.9. The normalized spacial score (nSPS) is 15.8. The Morgan fingerprint density at radius 2 is 1.78 bits per heavy atom. The van der Waals surface area contributed by atoms with Crippen molar-refractivity contribution >= 4 is 27.5 Å². The largest absolute Gasteiger partial charge is 0.335 e. The van der Waals surface area contributed by atoms with E-state index in [1.807, 2.05) is 13.0 Å². The summed E-state index contributed by atoms with van der Waals surface area (Å²) in [6.45, 7) is 4.21. The quantitative estimate of drug-likeness (QED) is 0.728. The van der Waals surface area contributed by atoms with Crippen molar-refractivity contribution in [3.8, 4) is 0 Å². The average Bonchev–Trinajstić information content (AvgIpc) is 2.63. The molecule has 2 aromatic rings. The molecule has 0 aliphatic carbocycles. The minimum Gasteiger partial charge on any atom is -0.335 e. The summed E-state index contributed by atoms with van der Waals surface area (Å²) in [7, 11) is -3.65.